The van der Waals surface area contributed by atoms with Crippen molar-refractivity contribution < 1.29 is 19.0 Å². The SMILES string of the molecule is CCOC[C](OCC)OC(=O)C(C)Cl. The molecule has 0 heterocycles. The predicted molar refractivity (Wildman–Crippen MR) is 52.8 cm³/mol. The molecule has 0 spiro atoms. The van der Waals surface area contributed by atoms with Gasteiger partial charge in [0.25, 0.3) is 0 Å². The Hall–Kier alpha value is -0.320. The summed E-state index contributed by atoms with van der Waals surface area (Å²) < 4.78 is 15.0. The quantitative estimate of drug-likeness (QED) is 0.487. The Morgan fingerprint density at radius 2 is 2.00 bits per heavy atom. The highest BCUT2D eigenvalue weighted by molar-refractivity contribution is 6.29. The number of carbonyl (C=O) groups excluding carboxylic acids is 1. The highest BCUT2D eigenvalue weighted by Crippen LogP contribution is 2.09. The number of ether oxygens (including phenoxy) is 3. The molecule has 1 atom stereocenters. The summed E-state index contributed by atoms with van der Waals surface area (Å²) in [7, 11) is 0. The lowest BCUT2D eigenvalue weighted by Crippen LogP contribution is -2.23. The van der Waals surface area contributed by atoms with E-state index in [9.17, 15) is 4.79 Å². The molecule has 4 nitrogen and oxygen atoms in total. The van der Waals surface area contributed by atoms with Crippen molar-refractivity contribution in [3.05, 3.63) is 6.29 Å². The number of hydrogen-bond acceptors (Lipinski definition) is 4. The minimum atomic E-state index is -0.688. The summed E-state index contributed by atoms with van der Waals surface area (Å²) in [6.07, 6.45) is 0.159. The molecular formula is C9H16ClO4. The van der Waals surface area contributed by atoms with Gasteiger partial charge in [-0.3, -0.25) is 4.79 Å². The van der Waals surface area contributed by atoms with Gasteiger partial charge in [0, 0.05) is 13.2 Å². The molecule has 0 aromatic rings. The second-order valence-corrected chi connectivity index (χ2v) is 3.13. The van der Waals surface area contributed by atoms with Crippen molar-refractivity contribution in [1.82, 2.24) is 0 Å². The van der Waals surface area contributed by atoms with Crippen LogP contribution in [0.5, 0.6) is 0 Å². The van der Waals surface area contributed by atoms with E-state index < -0.39 is 11.3 Å². The first-order valence-corrected chi connectivity index (χ1v) is 4.97. The van der Waals surface area contributed by atoms with Crippen molar-refractivity contribution in [2.45, 2.75) is 26.1 Å². The number of rotatable bonds is 7. The van der Waals surface area contributed by atoms with Crippen LogP contribution in [0.15, 0.2) is 0 Å². The zero-order valence-electron chi connectivity index (χ0n) is 8.71. The molecule has 0 aromatic heterocycles. The average molecular weight is 224 g/mol. The molecule has 0 saturated carbocycles. The molecule has 0 aliphatic heterocycles. The number of alkyl halides is 1. The Morgan fingerprint density at radius 3 is 2.43 bits per heavy atom. The summed E-state index contributed by atoms with van der Waals surface area (Å²) in [6, 6.07) is 0. The molecule has 0 N–H and O–H groups in total. The van der Waals surface area contributed by atoms with Gasteiger partial charge in [-0.2, -0.15) is 0 Å². The summed E-state index contributed by atoms with van der Waals surface area (Å²) >= 11 is 5.52. The second-order valence-electron chi connectivity index (χ2n) is 2.48. The molecule has 0 rings (SSSR count). The minimum absolute atomic E-state index is 0.152. The fraction of sp³-hybridized carbons (Fsp3) is 0.778. The number of esters is 1. The summed E-state index contributed by atoms with van der Waals surface area (Å²) in [5.41, 5.74) is 0. The second kappa shape index (κ2) is 8.03. The van der Waals surface area contributed by atoms with Crippen LogP contribution in [0.4, 0.5) is 0 Å². The Bertz CT molecular complexity index is 161. The van der Waals surface area contributed by atoms with Crippen LogP contribution in [-0.4, -0.2) is 31.2 Å². The largest absolute Gasteiger partial charge is 0.422 e. The maximum absolute atomic E-state index is 11.1. The topological polar surface area (TPSA) is 44.8 Å². The first-order chi connectivity index (χ1) is 6.61. The first-order valence-electron chi connectivity index (χ1n) is 4.53. The van der Waals surface area contributed by atoms with Crippen LogP contribution in [0.2, 0.25) is 0 Å². The van der Waals surface area contributed by atoms with Gasteiger partial charge < -0.3 is 14.2 Å². The van der Waals surface area contributed by atoms with Crippen molar-refractivity contribution in [3.63, 3.8) is 0 Å². The number of carbonyl (C=O) groups is 1. The van der Waals surface area contributed by atoms with E-state index in [0.29, 0.717) is 13.2 Å². The fourth-order valence-electron chi connectivity index (χ4n) is 0.640. The summed E-state index contributed by atoms with van der Waals surface area (Å²) in [5.74, 6) is -0.533. The van der Waals surface area contributed by atoms with Crippen LogP contribution in [-0.2, 0) is 19.0 Å². The van der Waals surface area contributed by atoms with Crippen LogP contribution < -0.4 is 0 Å². The van der Waals surface area contributed by atoms with Crippen LogP contribution in [0.25, 0.3) is 0 Å². The van der Waals surface area contributed by atoms with Gasteiger partial charge in [0.1, 0.15) is 12.0 Å². The Balaban J connectivity index is 3.88. The lowest BCUT2D eigenvalue weighted by molar-refractivity contribution is -0.157. The van der Waals surface area contributed by atoms with Gasteiger partial charge in [-0.25, -0.2) is 0 Å². The van der Waals surface area contributed by atoms with E-state index >= 15 is 0 Å². The normalized spacial score (nSPS) is 12.9. The van der Waals surface area contributed by atoms with Gasteiger partial charge in [0.2, 0.25) is 0 Å². The van der Waals surface area contributed by atoms with E-state index in [2.05, 4.69) is 0 Å². The molecule has 0 bridgehead atoms. The van der Waals surface area contributed by atoms with Gasteiger partial charge >= 0.3 is 12.3 Å². The standard InChI is InChI=1S/C9H16ClO4/c1-4-12-6-8(13-5-2)14-9(11)7(3)10/h7H,4-6H2,1-3H3. The van der Waals surface area contributed by atoms with Crippen molar-refractivity contribution in [3.8, 4) is 0 Å². The van der Waals surface area contributed by atoms with E-state index in [4.69, 9.17) is 25.8 Å². The molecule has 5 heteroatoms. The van der Waals surface area contributed by atoms with Crippen LogP contribution >= 0.6 is 11.6 Å². The van der Waals surface area contributed by atoms with Crippen LogP contribution in [0.1, 0.15) is 20.8 Å². The van der Waals surface area contributed by atoms with Crippen molar-refractivity contribution in [2.24, 2.45) is 0 Å². The Labute approximate surface area is 89.5 Å². The fourth-order valence-corrected chi connectivity index (χ4v) is 0.685. The van der Waals surface area contributed by atoms with Crippen molar-refractivity contribution >= 4 is 17.6 Å². The zero-order valence-corrected chi connectivity index (χ0v) is 9.47. The molecule has 83 valence electrons. The molecule has 0 amide bonds. The Kier molecular flexibility index (Phi) is 7.84. The van der Waals surface area contributed by atoms with Crippen molar-refractivity contribution in [2.75, 3.05) is 19.8 Å². The number of hydrogen-bond donors (Lipinski definition) is 0. The molecule has 0 aliphatic carbocycles. The van der Waals surface area contributed by atoms with Gasteiger partial charge in [0.15, 0.2) is 0 Å². The molecular weight excluding hydrogens is 208 g/mol. The van der Waals surface area contributed by atoms with Gasteiger partial charge in [-0.05, 0) is 20.8 Å². The maximum atomic E-state index is 11.1. The minimum Gasteiger partial charge on any atom is -0.422 e. The third-order valence-corrected chi connectivity index (χ3v) is 1.45. The first kappa shape index (κ1) is 13.7. The van der Waals surface area contributed by atoms with Crippen LogP contribution in [0.3, 0.4) is 0 Å². The summed E-state index contributed by atoms with van der Waals surface area (Å²) in [5, 5.41) is -0.688. The van der Waals surface area contributed by atoms with Crippen LogP contribution in [0, 0.1) is 6.29 Å². The molecule has 1 unspecified atom stereocenters. The van der Waals surface area contributed by atoms with E-state index in [1.807, 2.05) is 6.92 Å². The maximum Gasteiger partial charge on any atom is 0.326 e. The lowest BCUT2D eigenvalue weighted by atomic mass is 10.5. The molecule has 0 aliphatic rings. The molecule has 0 aromatic carbocycles. The lowest BCUT2D eigenvalue weighted by Gasteiger charge is -2.15. The van der Waals surface area contributed by atoms with Gasteiger partial charge in [0.05, 0.1) is 0 Å². The smallest absolute Gasteiger partial charge is 0.326 e. The van der Waals surface area contributed by atoms with Gasteiger partial charge in [-0.1, -0.05) is 0 Å². The molecule has 0 fully saturated rings. The van der Waals surface area contributed by atoms with Crippen molar-refractivity contribution in [1.29, 1.82) is 0 Å². The third kappa shape index (κ3) is 6.18. The highest BCUT2D eigenvalue weighted by atomic mass is 35.5. The van der Waals surface area contributed by atoms with Gasteiger partial charge in [-0.15, -0.1) is 11.6 Å². The molecule has 0 saturated heterocycles. The van der Waals surface area contributed by atoms with E-state index in [1.54, 1.807) is 6.92 Å². The van der Waals surface area contributed by atoms with E-state index in [0.717, 1.165) is 0 Å². The average Bonchev–Trinajstić information content (AvgIpc) is 2.14. The van der Waals surface area contributed by atoms with E-state index in [1.165, 1.54) is 6.92 Å². The monoisotopic (exact) mass is 223 g/mol. The Morgan fingerprint density at radius 1 is 1.36 bits per heavy atom. The summed E-state index contributed by atoms with van der Waals surface area (Å²) in [4.78, 5) is 11.1. The molecule has 14 heavy (non-hydrogen) atoms. The predicted octanol–water partition coefficient (Wildman–Crippen LogP) is 1.72. The zero-order chi connectivity index (χ0) is 11.0. The number of halogens is 1. The molecule has 1 radical (unpaired) electrons. The third-order valence-electron chi connectivity index (χ3n) is 1.27. The highest BCUT2D eigenvalue weighted by Gasteiger charge is 2.20. The van der Waals surface area contributed by atoms with E-state index in [-0.39, 0.29) is 12.9 Å². The summed E-state index contributed by atoms with van der Waals surface area (Å²) in [6.45, 7) is 6.28.